The number of carbonyl (C=O) groups excluding carboxylic acids is 1. The molecule has 2 saturated heterocycles. The van der Waals surface area contributed by atoms with Gasteiger partial charge in [-0.05, 0) is 46.0 Å². The molecular formula is C22H37NO6. The van der Waals surface area contributed by atoms with E-state index in [1.54, 1.807) is 7.11 Å². The van der Waals surface area contributed by atoms with Gasteiger partial charge in [-0.3, -0.25) is 0 Å². The molecule has 3 fully saturated rings. The van der Waals surface area contributed by atoms with Gasteiger partial charge in [-0.2, -0.15) is 0 Å². The molecule has 0 aromatic heterocycles. The molecule has 1 amide bonds. The van der Waals surface area contributed by atoms with E-state index in [0.717, 1.165) is 12.8 Å². The van der Waals surface area contributed by atoms with Crippen LogP contribution in [-0.2, 0) is 18.9 Å². The molecule has 29 heavy (non-hydrogen) atoms. The molecule has 1 saturated carbocycles. The van der Waals surface area contributed by atoms with Crippen molar-refractivity contribution in [2.24, 2.45) is 11.8 Å². The summed E-state index contributed by atoms with van der Waals surface area (Å²) in [7, 11) is 1.66. The van der Waals surface area contributed by atoms with Crippen LogP contribution in [0.15, 0.2) is 11.6 Å². The van der Waals surface area contributed by atoms with Crippen LogP contribution in [0.25, 0.3) is 0 Å². The fourth-order valence-corrected chi connectivity index (χ4v) is 4.82. The number of epoxide rings is 2. The fourth-order valence-electron chi connectivity index (χ4n) is 4.82. The predicted molar refractivity (Wildman–Crippen MR) is 109 cm³/mol. The van der Waals surface area contributed by atoms with Crippen LogP contribution in [-0.4, -0.2) is 67.1 Å². The molecule has 1 aliphatic carbocycles. The lowest BCUT2D eigenvalue weighted by Crippen LogP contribution is -2.56. The number of aliphatic hydroxyl groups excluding tert-OH is 1. The number of nitrogens with one attached hydrogen (secondary N) is 1. The molecule has 3 aliphatic rings. The molecule has 166 valence electrons. The molecule has 0 aromatic carbocycles. The number of methoxy groups -OCH3 is 1. The van der Waals surface area contributed by atoms with Crippen LogP contribution in [0, 0.1) is 11.8 Å². The number of hydrogen-bond acceptors (Lipinski definition) is 6. The molecule has 3 rings (SSSR count). The van der Waals surface area contributed by atoms with E-state index < -0.39 is 6.09 Å². The molecule has 2 aliphatic heterocycles. The van der Waals surface area contributed by atoms with Crippen molar-refractivity contribution in [2.75, 3.05) is 20.3 Å². The number of hydrogen-bond donors (Lipinski definition) is 2. The molecule has 1 spiro atoms. The van der Waals surface area contributed by atoms with Crippen LogP contribution in [0.5, 0.6) is 0 Å². The summed E-state index contributed by atoms with van der Waals surface area (Å²) in [6.07, 6.45) is 3.48. The van der Waals surface area contributed by atoms with Crippen molar-refractivity contribution in [1.29, 1.82) is 0 Å². The Bertz CT molecular complexity index is 627. The number of amides is 1. The third-order valence-electron chi connectivity index (χ3n) is 6.80. The van der Waals surface area contributed by atoms with Crippen LogP contribution in [0.2, 0.25) is 0 Å². The van der Waals surface area contributed by atoms with Gasteiger partial charge in [-0.15, -0.1) is 0 Å². The normalized spacial score (nSPS) is 39.2. The highest BCUT2D eigenvalue weighted by Gasteiger charge is 2.72. The van der Waals surface area contributed by atoms with Crippen molar-refractivity contribution < 1.29 is 28.8 Å². The quantitative estimate of drug-likeness (QED) is 0.471. The van der Waals surface area contributed by atoms with Crippen molar-refractivity contribution in [1.82, 2.24) is 5.32 Å². The summed E-state index contributed by atoms with van der Waals surface area (Å²) in [6.45, 7) is 10.8. The monoisotopic (exact) mass is 411 g/mol. The zero-order valence-corrected chi connectivity index (χ0v) is 18.6. The van der Waals surface area contributed by atoms with E-state index in [2.05, 4.69) is 32.2 Å². The fraction of sp³-hybridized carbons (Fsp3) is 0.864. The maximum absolute atomic E-state index is 12.5. The van der Waals surface area contributed by atoms with E-state index in [4.69, 9.17) is 18.9 Å². The van der Waals surface area contributed by atoms with Crippen LogP contribution in [0.3, 0.4) is 0 Å². The number of rotatable bonds is 8. The van der Waals surface area contributed by atoms with Crippen LogP contribution in [0.1, 0.15) is 53.9 Å². The number of allylic oxidation sites excluding steroid dienone is 1. The molecule has 2 N–H and O–H groups in total. The third-order valence-corrected chi connectivity index (χ3v) is 6.80. The van der Waals surface area contributed by atoms with Crippen molar-refractivity contribution in [2.45, 2.75) is 89.4 Å². The lowest BCUT2D eigenvalue weighted by atomic mass is 9.68. The van der Waals surface area contributed by atoms with Crippen LogP contribution < -0.4 is 5.32 Å². The Labute approximate surface area is 174 Å². The Morgan fingerprint density at radius 1 is 1.38 bits per heavy atom. The highest BCUT2D eigenvalue weighted by Crippen LogP contribution is 2.59. The van der Waals surface area contributed by atoms with Crippen molar-refractivity contribution in [3.05, 3.63) is 11.6 Å². The lowest BCUT2D eigenvalue weighted by molar-refractivity contribution is -0.118. The molecule has 7 nitrogen and oxygen atoms in total. The Morgan fingerprint density at radius 2 is 2.07 bits per heavy atom. The van der Waals surface area contributed by atoms with E-state index in [1.165, 1.54) is 5.57 Å². The zero-order chi connectivity index (χ0) is 21.4. The molecule has 7 heteroatoms. The van der Waals surface area contributed by atoms with E-state index in [1.807, 2.05) is 13.8 Å². The molecular weight excluding hydrogens is 374 g/mol. The number of aliphatic hydroxyl groups is 1. The Morgan fingerprint density at radius 3 is 2.59 bits per heavy atom. The van der Waals surface area contributed by atoms with Gasteiger partial charge in [0.1, 0.15) is 23.4 Å². The van der Waals surface area contributed by atoms with Crippen molar-refractivity contribution in [3.8, 4) is 0 Å². The SMILES string of the molecule is CO[C@@H]1[C@H](OC(=O)NC(CO)C(C)C)CC[C@]2(CO2)[C@H]1[C@@]1(C)O[C@@H]1CC=C(C)C. The van der Waals surface area contributed by atoms with Gasteiger partial charge in [0.05, 0.1) is 31.3 Å². The second-order valence-electron chi connectivity index (χ2n) is 9.50. The maximum atomic E-state index is 12.5. The summed E-state index contributed by atoms with van der Waals surface area (Å²) in [5, 5.41) is 12.2. The predicted octanol–water partition coefficient (Wildman–Crippen LogP) is 2.81. The molecule has 0 aromatic rings. The first kappa shape index (κ1) is 22.5. The third kappa shape index (κ3) is 4.63. The van der Waals surface area contributed by atoms with Gasteiger partial charge in [-0.25, -0.2) is 4.79 Å². The van der Waals surface area contributed by atoms with Gasteiger partial charge in [0.15, 0.2) is 0 Å². The second-order valence-corrected chi connectivity index (χ2v) is 9.50. The minimum Gasteiger partial charge on any atom is -0.443 e. The first-order valence-electron chi connectivity index (χ1n) is 10.7. The van der Waals surface area contributed by atoms with Gasteiger partial charge in [0.2, 0.25) is 0 Å². The molecule has 7 atom stereocenters. The van der Waals surface area contributed by atoms with E-state index in [-0.39, 0.29) is 54.0 Å². The topological polar surface area (TPSA) is 92.9 Å². The summed E-state index contributed by atoms with van der Waals surface area (Å²) in [4.78, 5) is 12.5. The zero-order valence-electron chi connectivity index (χ0n) is 18.6. The van der Waals surface area contributed by atoms with E-state index >= 15 is 0 Å². The average molecular weight is 412 g/mol. The smallest absolute Gasteiger partial charge is 0.407 e. The van der Waals surface area contributed by atoms with E-state index in [0.29, 0.717) is 13.0 Å². The van der Waals surface area contributed by atoms with Gasteiger partial charge >= 0.3 is 6.09 Å². The summed E-state index contributed by atoms with van der Waals surface area (Å²) in [6, 6.07) is -0.335. The van der Waals surface area contributed by atoms with Crippen LogP contribution in [0.4, 0.5) is 4.79 Å². The summed E-state index contributed by atoms with van der Waals surface area (Å²) < 4.78 is 23.8. The summed E-state index contributed by atoms with van der Waals surface area (Å²) in [5.74, 6) is 0.114. The van der Waals surface area contributed by atoms with Gasteiger partial charge in [0, 0.05) is 7.11 Å². The average Bonchev–Trinajstić information content (AvgIpc) is 3.57. The highest BCUT2D eigenvalue weighted by atomic mass is 16.6. The van der Waals surface area contributed by atoms with Gasteiger partial charge < -0.3 is 29.4 Å². The Balaban J connectivity index is 1.70. The van der Waals surface area contributed by atoms with Gasteiger partial charge in [0.25, 0.3) is 0 Å². The first-order valence-corrected chi connectivity index (χ1v) is 10.7. The molecule has 2 heterocycles. The standard InChI is InChI=1S/C22H37NO6/c1-13(2)7-8-17-21(5,29-17)19-18(26-6)16(9-10-22(19)12-27-22)28-20(25)23-15(11-24)14(3)4/h7,14-19,24H,8-12H2,1-6H3,(H,23,25)/t15?,16-,17-,18-,19-,21+,22+/m1/s1. The van der Waals surface area contributed by atoms with Crippen molar-refractivity contribution in [3.63, 3.8) is 0 Å². The highest BCUT2D eigenvalue weighted by molar-refractivity contribution is 5.68. The van der Waals surface area contributed by atoms with Crippen LogP contribution >= 0.6 is 0 Å². The van der Waals surface area contributed by atoms with E-state index in [9.17, 15) is 9.90 Å². The van der Waals surface area contributed by atoms with Gasteiger partial charge in [-0.1, -0.05) is 25.5 Å². The number of alkyl carbamates (subject to hydrolysis) is 1. The summed E-state index contributed by atoms with van der Waals surface area (Å²) >= 11 is 0. The number of carbonyl (C=O) groups is 1. The molecule has 0 bridgehead atoms. The second kappa shape index (κ2) is 8.53. The Hall–Kier alpha value is -1.15. The maximum Gasteiger partial charge on any atom is 0.407 e. The Kier molecular flexibility index (Phi) is 6.63. The lowest BCUT2D eigenvalue weighted by Gasteiger charge is -2.42. The minimum absolute atomic E-state index is 0.000787. The molecule has 0 radical (unpaired) electrons. The first-order chi connectivity index (χ1) is 13.7. The minimum atomic E-state index is -0.515. The molecule has 1 unspecified atom stereocenters. The van der Waals surface area contributed by atoms with Crippen molar-refractivity contribution >= 4 is 6.09 Å². The largest absolute Gasteiger partial charge is 0.443 e. The summed E-state index contributed by atoms with van der Waals surface area (Å²) in [5.41, 5.74) is 0.679. The number of ether oxygens (including phenoxy) is 4.